The number of rotatable bonds is 2. The SMILES string of the molecule is COC1(C)CC(O)OCC1OC(C)=O. The molecule has 0 aliphatic carbocycles. The maximum atomic E-state index is 10.8. The van der Waals surface area contributed by atoms with Gasteiger partial charge < -0.3 is 19.3 Å². The minimum Gasteiger partial charge on any atom is -0.457 e. The van der Waals surface area contributed by atoms with E-state index in [1.807, 2.05) is 0 Å². The van der Waals surface area contributed by atoms with E-state index in [9.17, 15) is 9.90 Å². The predicted octanol–water partition coefficient (Wildman–Crippen LogP) is 0.0619. The van der Waals surface area contributed by atoms with Crippen LogP contribution in [0.15, 0.2) is 0 Å². The molecule has 1 aliphatic rings. The van der Waals surface area contributed by atoms with Crippen LogP contribution in [0.3, 0.4) is 0 Å². The van der Waals surface area contributed by atoms with E-state index in [1.54, 1.807) is 6.92 Å². The number of esters is 1. The Kier molecular flexibility index (Phi) is 3.47. The first-order valence-electron chi connectivity index (χ1n) is 4.50. The summed E-state index contributed by atoms with van der Waals surface area (Å²) in [6.07, 6.45) is -1.03. The van der Waals surface area contributed by atoms with Crippen molar-refractivity contribution in [2.24, 2.45) is 0 Å². The van der Waals surface area contributed by atoms with Gasteiger partial charge >= 0.3 is 5.97 Å². The van der Waals surface area contributed by atoms with Crippen LogP contribution >= 0.6 is 0 Å². The molecule has 0 aromatic carbocycles. The van der Waals surface area contributed by atoms with E-state index in [-0.39, 0.29) is 12.6 Å². The monoisotopic (exact) mass is 204 g/mol. The van der Waals surface area contributed by atoms with Crippen LogP contribution < -0.4 is 0 Å². The number of carbonyl (C=O) groups excluding carboxylic acids is 1. The van der Waals surface area contributed by atoms with E-state index in [4.69, 9.17) is 14.2 Å². The van der Waals surface area contributed by atoms with Crippen LogP contribution in [0.1, 0.15) is 20.3 Å². The van der Waals surface area contributed by atoms with E-state index in [0.717, 1.165) is 0 Å². The number of aliphatic hydroxyl groups excluding tert-OH is 1. The minimum absolute atomic E-state index is 0.158. The predicted molar refractivity (Wildman–Crippen MR) is 47.5 cm³/mol. The molecule has 1 aliphatic heterocycles. The Labute approximate surface area is 82.9 Å². The topological polar surface area (TPSA) is 65.0 Å². The molecule has 0 aromatic rings. The molecule has 0 radical (unpaired) electrons. The standard InChI is InChI=1S/C9H16O5/c1-6(10)14-7-5-13-8(11)4-9(7,2)12-3/h7-8,11H,4-5H2,1-3H3. The van der Waals surface area contributed by atoms with E-state index in [0.29, 0.717) is 6.42 Å². The number of hydrogen-bond acceptors (Lipinski definition) is 5. The van der Waals surface area contributed by atoms with Crippen molar-refractivity contribution in [2.75, 3.05) is 13.7 Å². The highest BCUT2D eigenvalue weighted by Gasteiger charge is 2.43. The van der Waals surface area contributed by atoms with Crippen molar-refractivity contribution in [3.63, 3.8) is 0 Å². The fraction of sp³-hybridized carbons (Fsp3) is 0.889. The quantitative estimate of drug-likeness (QED) is 0.644. The van der Waals surface area contributed by atoms with Crippen LogP contribution in [0.25, 0.3) is 0 Å². The van der Waals surface area contributed by atoms with Crippen LogP contribution in [-0.2, 0) is 19.0 Å². The lowest BCUT2D eigenvalue weighted by atomic mass is 9.92. The second-order valence-electron chi connectivity index (χ2n) is 3.61. The molecule has 14 heavy (non-hydrogen) atoms. The molecule has 5 nitrogen and oxygen atoms in total. The Hall–Kier alpha value is -0.650. The molecule has 1 rings (SSSR count). The van der Waals surface area contributed by atoms with Gasteiger partial charge in [-0.1, -0.05) is 0 Å². The van der Waals surface area contributed by atoms with Crippen molar-refractivity contribution in [3.8, 4) is 0 Å². The first kappa shape index (κ1) is 11.4. The van der Waals surface area contributed by atoms with Gasteiger partial charge in [-0.2, -0.15) is 0 Å². The average molecular weight is 204 g/mol. The summed E-state index contributed by atoms with van der Waals surface area (Å²) < 4.78 is 15.3. The van der Waals surface area contributed by atoms with Gasteiger partial charge in [0.2, 0.25) is 0 Å². The molecule has 82 valence electrons. The first-order valence-corrected chi connectivity index (χ1v) is 4.50. The molecule has 5 heteroatoms. The molecule has 0 aromatic heterocycles. The highest BCUT2D eigenvalue weighted by atomic mass is 16.6. The van der Waals surface area contributed by atoms with E-state index in [1.165, 1.54) is 14.0 Å². The highest BCUT2D eigenvalue weighted by Crippen LogP contribution is 2.29. The number of methoxy groups -OCH3 is 1. The lowest BCUT2D eigenvalue weighted by Crippen LogP contribution is -2.53. The maximum absolute atomic E-state index is 10.8. The lowest BCUT2D eigenvalue weighted by Gasteiger charge is -2.40. The number of hydrogen-bond donors (Lipinski definition) is 1. The zero-order chi connectivity index (χ0) is 10.8. The van der Waals surface area contributed by atoms with Crippen LogP contribution in [0.2, 0.25) is 0 Å². The van der Waals surface area contributed by atoms with Crippen LogP contribution in [0, 0.1) is 0 Å². The normalized spacial score (nSPS) is 38.0. The summed E-state index contributed by atoms with van der Waals surface area (Å²) in [7, 11) is 1.52. The fourth-order valence-electron chi connectivity index (χ4n) is 1.49. The summed E-state index contributed by atoms with van der Waals surface area (Å²) in [6, 6.07) is 0. The maximum Gasteiger partial charge on any atom is 0.303 e. The summed E-state index contributed by atoms with van der Waals surface area (Å²) in [5.74, 6) is -0.377. The zero-order valence-corrected chi connectivity index (χ0v) is 8.65. The van der Waals surface area contributed by atoms with Crippen molar-refractivity contribution in [3.05, 3.63) is 0 Å². The second-order valence-corrected chi connectivity index (χ2v) is 3.61. The van der Waals surface area contributed by atoms with Gasteiger partial charge in [0.15, 0.2) is 12.4 Å². The lowest BCUT2D eigenvalue weighted by molar-refractivity contribution is -0.243. The Morgan fingerprint density at radius 1 is 1.64 bits per heavy atom. The van der Waals surface area contributed by atoms with Gasteiger partial charge in [0.1, 0.15) is 5.60 Å². The van der Waals surface area contributed by atoms with Gasteiger partial charge in [0.05, 0.1) is 6.61 Å². The van der Waals surface area contributed by atoms with Gasteiger partial charge in [0, 0.05) is 20.5 Å². The molecule has 3 atom stereocenters. The zero-order valence-electron chi connectivity index (χ0n) is 8.65. The van der Waals surface area contributed by atoms with Crippen molar-refractivity contribution in [1.82, 2.24) is 0 Å². The van der Waals surface area contributed by atoms with E-state index >= 15 is 0 Å². The summed E-state index contributed by atoms with van der Waals surface area (Å²) in [5.41, 5.74) is -0.677. The van der Waals surface area contributed by atoms with Crippen LogP contribution in [0.5, 0.6) is 0 Å². The Bertz CT molecular complexity index is 217. The van der Waals surface area contributed by atoms with E-state index in [2.05, 4.69) is 0 Å². The number of aliphatic hydroxyl groups is 1. The van der Waals surface area contributed by atoms with Gasteiger partial charge in [-0.05, 0) is 6.92 Å². The Morgan fingerprint density at radius 3 is 2.79 bits per heavy atom. The summed E-state index contributed by atoms with van der Waals surface area (Å²) in [6.45, 7) is 3.28. The molecule has 0 spiro atoms. The van der Waals surface area contributed by atoms with E-state index < -0.39 is 18.0 Å². The van der Waals surface area contributed by atoms with Crippen molar-refractivity contribution < 1.29 is 24.1 Å². The van der Waals surface area contributed by atoms with Gasteiger partial charge in [-0.25, -0.2) is 0 Å². The summed E-state index contributed by atoms with van der Waals surface area (Å²) in [5, 5.41) is 9.29. The first-order chi connectivity index (χ1) is 6.48. The highest BCUT2D eigenvalue weighted by molar-refractivity contribution is 5.66. The second kappa shape index (κ2) is 4.25. The molecule has 0 saturated carbocycles. The van der Waals surface area contributed by atoms with Gasteiger partial charge in [-0.3, -0.25) is 4.79 Å². The molecule has 3 unspecified atom stereocenters. The van der Waals surface area contributed by atoms with Crippen molar-refractivity contribution >= 4 is 5.97 Å². The Morgan fingerprint density at radius 2 is 2.29 bits per heavy atom. The minimum atomic E-state index is -0.855. The third-order valence-corrected chi connectivity index (χ3v) is 2.48. The van der Waals surface area contributed by atoms with Crippen molar-refractivity contribution in [1.29, 1.82) is 0 Å². The van der Waals surface area contributed by atoms with Crippen LogP contribution in [-0.4, -0.2) is 42.8 Å². The van der Waals surface area contributed by atoms with Gasteiger partial charge in [0.25, 0.3) is 0 Å². The molecule has 0 amide bonds. The molecule has 1 heterocycles. The van der Waals surface area contributed by atoms with Crippen molar-refractivity contribution in [2.45, 2.75) is 38.3 Å². The third-order valence-electron chi connectivity index (χ3n) is 2.48. The Balaban J connectivity index is 2.67. The largest absolute Gasteiger partial charge is 0.457 e. The van der Waals surface area contributed by atoms with Crippen LogP contribution in [0.4, 0.5) is 0 Å². The fourth-order valence-corrected chi connectivity index (χ4v) is 1.49. The summed E-state index contributed by atoms with van der Waals surface area (Å²) in [4.78, 5) is 10.8. The molecule has 1 saturated heterocycles. The third kappa shape index (κ3) is 2.43. The number of carbonyl (C=O) groups is 1. The number of ether oxygens (including phenoxy) is 3. The molecular weight excluding hydrogens is 188 g/mol. The van der Waals surface area contributed by atoms with Gasteiger partial charge in [-0.15, -0.1) is 0 Å². The molecular formula is C9H16O5. The average Bonchev–Trinajstić information content (AvgIpc) is 2.10. The summed E-state index contributed by atoms with van der Waals surface area (Å²) >= 11 is 0. The smallest absolute Gasteiger partial charge is 0.303 e. The molecule has 1 fully saturated rings. The molecule has 1 N–H and O–H groups in total. The molecule has 0 bridgehead atoms.